The van der Waals surface area contributed by atoms with Crippen LogP contribution in [0.4, 0.5) is 0 Å². The predicted octanol–water partition coefficient (Wildman–Crippen LogP) is 3.51. The molecule has 0 heterocycles. The van der Waals surface area contributed by atoms with Crippen LogP contribution in [0.2, 0.25) is 0 Å². The second-order valence-corrected chi connectivity index (χ2v) is 8.00. The first-order chi connectivity index (χ1) is 9.00. The lowest BCUT2D eigenvalue weighted by Crippen LogP contribution is -2.30. The summed E-state index contributed by atoms with van der Waals surface area (Å²) in [6.07, 6.45) is 9.90. The number of fused-ring (bicyclic) bond motifs is 2. The fourth-order valence-electron chi connectivity index (χ4n) is 4.43. The van der Waals surface area contributed by atoms with E-state index in [0.29, 0.717) is 5.41 Å². The molecule has 2 nitrogen and oxygen atoms in total. The Labute approximate surface area is 120 Å². The highest BCUT2D eigenvalue weighted by Gasteiger charge is 2.39. The molecule has 0 aromatic rings. The maximum Gasteiger partial charge on any atom is 0.000936 e. The lowest BCUT2D eigenvalue weighted by atomic mass is 9.84. The van der Waals surface area contributed by atoms with Crippen molar-refractivity contribution in [2.24, 2.45) is 28.9 Å². The third-order valence-corrected chi connectivity index (χ3v) is 5.65. The highest BCUT2D eigenvalue weighted by Crippen LogP contribution is 2.48. The zero-order valence-corrected chi connectivity index (χ0v) is 13.3. The Morgan fingerprint density at radius 3 is 2.53 bits per heavy atom. The molecule has 0 spiro atoms. The normalized spacial score (nSPS) is 30.5. The van der Waals surface area contributed by atoms with Gasteiger partial charge in [0.25, 0.3) is 0 Å². The van der Waals surface area contributed by atoms with Crippen molar-refractivity contribution in [3.05, 3.63) is 0 Å². The van der Waals surface area contributed by atoms with Gasteiger partial charge in [0.1, 0.15) is 0 Å². The van der Waals surface area contributed by atoms with Crippen molar-refractivity contribution in [3.8, 4) is 0 Å². The highest BCUT2D eigenvalue weighted by atomic mass is 15.1. The summed E-state index contributed by atoms with van der Waals surface area (Å²) in [7, 11) is 2.32. The van der Waals surface area contributed by atoms with E-state index in [4.69, 9.17) is 5.73 Å². The van der Waals surface area contributed by atoms with Crippen molar-refractivity contribution in [2.75, 3.05) is 26.7 Å². The molecule has 19 heavy (non-hydrogen) atoms. The van der Waals surface area contributed by atoms with Gasteiger partial charge in [-0.3, -0.25) is 0 Å². The molecule has 0 aromatic carbocycles. The Bertz CT molecular complexity index is 274. The van der Waals surface area contributed by atoms with E-state index < -0.39 is 0 Å². The Balaban J connectivity index is 1.61. The molecule has 0 saturated heterocycles. The number of rotatable bonds is 8. The molecule has 0 aliphatic heterocycles. The van der Waals surface area contributed by atoms with Crippen molar-refractivity contribution in [3.63, 3.8) is 0 Å². The average Bonchev–Trinajstić information content (AvgIpc) is 2.90. The van der Waals surface area contributed by atoms with E-state index in [1.807, 2.05) is 0 Å². The summed E-state index contributed by atoms with van der Waals surface area (Å²) in [5.41, 5.74) is 6.11. The lowest BCUT2D eigenvalue weighted by Gasteiger charge is -2.29. The maximum absolute atomic E-state index is 5.68. The third kappa shape index (κ3) is 4.46. The van der Waals surface area contributed by atoms with Crippen LogP contribution < -0.4 is 5.73 Å². The SMILES string of the molecule is CN(CCCC(C)(C)CCN)CC1CC2CCC1C2. The van der Waals surface area contributed by atoms with Crippen LogP contribution in [0.25, 0.3) is 0 Å². The molecule has 2 aliphatic carbocycles. The molecular formula is C17H34N2. The molecule has 2 rings (SSSR count). The minimum absolute atomic E-state index is 0.433. The predicted molar refractivity (Wildman–Crippen MR) is 83.1 cm³/mol. The van der Waals surface area contributed by atoms with Gasteiger partial charge in [-0.15, -0.1) is 0 Å². The summed E-state index contributed by atoms with van der Waals surface area (Å²) in [5, 5.41) is 0. The van der Waals surface area contributed by atoms with Gasteiger partial charge in [0.15, 0.2) is 0 Å². The van der Waals surface area contributed by atoms with Gasteiger partial charge in [0.05, 0.1) is 0 Å². The smallest absolute Gasteiger partial charge is 0.000936 e. The summed E-state index contributed by atoms with van der Waals surface area (Å²) < 4.78 is 0. The molecule has 0 amide bonds. The average molecular weight is 266 g/mol. The van der Waals surface area contributed by atoms with Crippen molar-refractivity contribution >= 4 is 0 Å². The van der Waals surface area contributed by atoms with Crippen LogP contribution in [0.3, 0.4) is 0 Å². The quantitative estimate of drug-likeness (QED) is 0.728. The minimum atomic E-state index is 0.433. The van der Waals surface area contributed by atoms with Crippen LogP contribution in [-0.2, 0) is 0 Å². The Morgan fingerprint density at radius 1 is 1.16 bits per heavy atom. The first-order valence-electron chi connectivity index (χ1n) is 8.39. The summed E-state index contributed by atoms with van der Waals surface area (Å²) >= 11 is 0. The van der Waals surface area contributed by atoms with Gasteiger partial charge in [-0.1, -0.05) is 20.3 Å². The summed E-state index contributed by atoms with van der Waals surface area (Å²) in [4.78, 5) is 2.59. The Hall–Kier alpha value is -0.0800. The van der Waals surface area contributed by atoms with Gasteiger partial charge in [-0.25, -0.2) is 0 Å². The van der Waals surface area contributed by atoms with Crippen LogP contribution in [0.5, 0.6) is 0 Å². The Morgan fingerprint density at radius 2 is 1.95 bits per heavy atom. The van der Waals surface area contributed by atoms with Gasteiger partial charge in [-0.2, -0.15) is 0 Å². The molecule has 2 aliphatic rings. The molecule has 3 unspecified atom stereocenters. The van der Waals surface area contributed by atoms with Crippen LogP contribution in [-0.4, -0.2) is 31.6 Å². The zero-order valence-electron chi connectivity index (χ0n) is 13.3. The Kier molecular flexibility index (Phi) is 5.30. The monoisotopic (exact) mass is 266 g/mol. The standard InChI is InChI=1S/C17H34N2/c1-17(2,8-9-18)7-4-10-19(3)13-16-12-14-5-6-15(16)11-14/h14-16H,4-13,18H2,1-3H3. The van der Waals surface area contributed by atoms with Crippen LogP contribution in [0.1, 0.15) is 58.8 Å². The fourth-order valence-corrected chi connectivity index (χ4v) is 4.43. The number of nitrogens with zero attached hydrogens (tertiary/aromatic N) is 1. The summed E-state index contributed by atoms with van der Waals surface area (Å²) in [6, 6.07) is 0. The zero-order chi connectivity index (χ0) is 13.9. The molecule has 0 aromatic heterocycles. The molecule has 112 valence electrons. The van der Waals surface area contributed by atoms with Crippen LogP contribution in [0, 0.1) is 23.2 Å². The molecule has 2 fully saturated rings. The topological polar surface area (TPSA) is 29.3 Å². The van der Waals surface area contributed by atoms with E-state index in [0.717, 1.165) is 30.7 Å². The first kappa shape index (κ1) is 15.3. The lowest BCUT2D eigenvalue weighted by molar-refractivity contribution is 0.205. The maximum atomic E-state index is 5.68. The van der Waals surface area contributed by atoms with Gasteiger partial charge in [0, 0.05) is 6.54 Å². The molecular weight excluding hydrogens is 232 g/mol. The van der Waals surface area contributed by atoms with Crippen LogP contribution in [0.15, 0.2) is 0 Å². The molecule has 2 N–H and O–H groups in total. The molecule has 3 atom stereocenters. The van der Waals surface area contributed by atoms with E-state index in [1.165, 1.54) is 45.2 Å². The van der Waals surface area contributed by atoms with Crippen LogP contribution >= 0.6 is 0 Å². The summed E-state index contributed by atoms with van der Waals surface area (Å²) in [5.74, 6) is 3.17. The van der Waals surface area contributed by atoms with E-state index in [1.54, 1.807) is 6.42 Å². The van der Waals surface area contributed by atoms with Crippen molar-refractivity contribution in [2.45, 2.75) is 58.8 Å². The van der Waals surface area contributed by atoms with Crippen molar-refractivity contribution in [1.29, 1.82) is 0 Å². The van der Waals surface area contributed by atoms with E-state index >= 15 is 0 Å². The van der Waals surface area contributed by atoms with Gasteiger partial charge >= 0.3 is 0 Å². The van der Waals surface area contributed by atoms with Crippen molar-refractivity contribution < 1.29 is 0 Å². The molecule has 2 bridgehead atoms. The minimum Gasteiger partial charge on any atom is -0.330 e. The van der Waals surface area contributed by atoms with E-state index in [9.17, 15) is 0 Å². The number of nitrogens with two attached hydrogens (primary N) is 1. The third-order valence-electron chi connectivity index (χ3n) is 5.65. The first-order valence-corrected chi connectivity index (χ1v) is 8.39. The molecule has 2 saturated carbocycles. The van der Waals surface area contributed by atoms with E-state index in [-0.39, 0.29) is 0 Å². The molecule has 2 heteroatoms. The van der Waals surface area contributed by atoms with Gasteiger partial charge < -0.3 is 10.6 Å². The molecule has 0 radical (unpaired) electrons. The van der Waals surface area contributed by atoms with Crippen molar-refractivity contribution in [1.82, 2.24) is 4.90 Å². The fraction of sp³-hybridized carbons (Fsp3) is 1.00. The largest absolute Gasteiger partial charge is 0.330 e. The highest BCUT2D eigenvalue weighted by molar-refractivity contribution is 4.90. The second-order valence-electron chi connectivity index (χ2n) is 8.00. The van der Waals surface area contributed by atoms with Gasteiger partial charge in [0.2, 0.25) is 0 Å². The van der Waals surface area contributed by atoms with Gasteiger partial charge in [-0.05, 0) is 81.8 Å². The second kappa shape index (κ2) is 6.58. The summed E-state index contributed by atoms with van der Waals surface area (Å²) in [6.45, 7) is 8.15. The number of hydrogen-bond acceptors (Lipinski definition) is 2. The van der Waals surface area contributed by atoms with E-state index in [2.05, 4.69) is 25.8 Å². The number of hydrogen-bond donors (Lipinski definition) is 1.